The van der Waals surface area contributed by atoms with E-state index in [9.17, 15) is 4.79 Å². The van der Waals surface area contributed by atoms with Gasteiger partial charge in [0.2, 0.25) is 5.88 Å². The third-order valence-electron chi connectivity index (χ3n) is 4.56. The number of ether oxygens (including phenoxy) is 1. The number of nitrogens with zero attached hydrogens (tertiary/aromatic N) is 3. The molecule has 3 rings (SSSR count). The number of aliphatic carboxylic acids is 1. The highest BCUT2D eigenvalue weighted by Crippen LogP contribution is 2.26. The fourth-order valence-corrected chi connectivity index (χ4v) is 3.09. The van der Waals surface area contributed by atoms with Gasteiger partial charge in [-0.25, -0.2) is 9.97 Å². The van der Waals surface area contributed by atoms with Crippen molar-refractivity contribution in [3.05, 3.63) is 48.3 Å². The Morgan fingerprint density at radius 3 is 2.68 bits per heavy atom. The first-order chi connectivity index (χ1) is 12.2. The highest BCUT2D eigenvalue weighted by atomic mass is 16.5. The largest absolute Gasteiger partial charge is 0.481 e. The van der Waals surface area contributed by atoms with Gasteiger partial charge >= 0.3 is 5.97 Å². The number of aromatic nitrogens is 2. The van der Waals surface area contributed by atoms with Crippen LogP contribution in [0.25, 0.3) is 0 Å². The minimum absolute atomic E-state index is 0.260. The lowest BCUT2D eigenvalue weighted by molar-refractivity contribution is -0.137. The van der Waals surface area contributed by atoms with Crippen LogP contribution < -0.4 is 9.64 Å². The van der Waals surface area contributed by atoms with Gasteiger partial charge in [-0.3, -0.25) is 4.79 Å². The molecule has 0 atom stereocenters. The van der Waals surface area contributed by atoms with Crippen LogP contribution in [0, 0.1) is 5.92 Å². The molecule has 0 spiro atoms. The predicted molar refractivity (Wildman–Crippen MR) is 94.6 cm³/mol. The van der Waals surface area contributed by atoms with Gasteiger partial charge in [0.1, 0.15) is 18.8 Å². The lowest BCUT2D eigenvalue weighted by Crippen LogP contribution is -2.34. The standard InChI is InChI=1S/C19H23N3O3/c23-19(24)7-6-15-8-10-22(11-9-15)17-12-18(21-14-20-17)25-13-16-4-2-1-3-5-16/h1-5,12,14-15H,6-11,13H2,(H,23,24). The van der Waals surface area contributed by atoms with E-state index in [1.54, 1.807) is 0 Å². The number of carboxylic acids is 1. The molecule has 1 N–H and O–H groups in total. The van der Waals surface area contributed by atoms with Crippen LogP contribution in [0.4, 0.5) is 5.82 Å². The summed E-state index contributed by atoms with van der Waals surface area (Å²) in [5, 5.41) is 8.80. The van der Waals surface area contributed by atoms with Gasteiger partial charge in [-0.15, -0.1) is 0 Å². The number of hydrogen-bond acceptors (Lipinski definition) is 5. The molecule has 1 aliphatic heterocycles. The first-order valence-corrected chi connectivity index (χ1v) is 8.66. The first-order valence-electron chi connectivity index (χ1n) is 8.66. The van der Waals surface area contributed by atoms with Crippen molar-refractivity contribution in [3.8, 4) is 5.88 Å². The van der Waals surface area contributed by atoms with Crippen molar-refractivity contribution in [2.24, 2.45) is 5.92 Å². The molecule has 0 saturated carbocycles. The number of benzene rings is 1. The maximum absolute atomic E-state index is 10.7. The summed E-state index contributed by atoms with van der Waals surface area (Å²) in [6.07, 6.45) is 4.55. The van der Waals surface area contributed by atoms with Gasteiger partial charge in [-0.05, 0) is 30.7 Å². The summed E-state index contributed by atoms with van der Waals surface area (Å²) in [4.78, 5) is 21.5. The molecule has 1 aromatic carbocycles. The molecule has 0 aliphatic carbocycles. The smallest absolute Gasteiger partial charge is 0.303 e. The molecule has 0 bridgehead atoms. The molecule has 1 saturated heterocycles. The van der Waals surface area contributed by atoms with E-state index >= 15 is 0 Å². The molecule has 1 aromatic heterocycles. The summed E-state index contributed by atoms with van der Waals surface area (Å²) in [6, 6.07) is 11.9. The van der Waals surface area contributed by atoms with Crippen LogP contribution in [-0.4, -0.2) is 34.1 Å². The summed E-state index contributed by atoms with van der Waals surface area (Å²) in [7, 11) is 0. The van der Waals surface area contributed by atoms with Crippen LogP contribution >= 0.6 is 0 Å². The quantitative estimate of drug-likeness (QED) is 0.834. The Morgan fingerprint density at radius 2 is 1.96 bits per heavy atom. The Labute approximate surface area is 147 Å². The molecule has 1 fully saturated rings. The van der Waals surface area contributed by atoms with E-state index in [2.05, 4.69) is 14.9 Å². The maximum atomic E-state index is 10.7. The van der Waals surface area contributed by atoms with Gasteiger partial charge in [0.15, 0.2) is 0 Å². The highest BCUT2D eigenvalue weighted by Gasteiger charge is 2.21. The lowest BCUT2D eigenvalue weighted by atomic mass is 9.92. The second-order valence-corrected chi connectivity index (χ2v) is 6.35. The number of rotatable bonds is 7. The van der Waals surface area contributed by atoms with Gasteiger partial charge in [-0.2, -0.15) is 0 Å². The van der Waals surface area contributed by atoms with Crippen molar-refractivity contribution >= 4 is 11.8 Å². The molecule has 2 aromatic rings. The molecule has 2 heterocycles. The van der Waals surface area contributed by atoms with Crippen molar-refractivity contribution in [1.82, 2.24) is 9.97 Å². The molecular formula is C19H23N3O3. The maximum Gasteiger partial charge on any atom is 0.303 e. The SMILES string of the molecule is O=C(O)CCC1CCN(c2cc(OCc3ccccc3)ncn2)CC1. The zero-order chi connectivity index (χ0) is 17.5. The van der Waals surface area contributed by atoms with E-state index in [4.69, 9.17) is 9.84 Å². The molecule has 1 aliphatic rings. The minimum Gasteiger partial charge on any atom is -0.481 e. The second-order valence-electron chi connectivity index (χ2n) is 6.35. The van der Waals surface area contributed by atoms with Gasteiger partial charge in [0, 0.05) is 25.6 Å². The van der Waals surface area contributed by atoms with E-state index in [1.807, 2.05) is 36.4 Å². The summed E-state index contributed by atoms with van der Waals surface area (Å²) < 4.78 is 5.77. The summed E-state index contributed by atoms with van der Waals surface area (Å²) >= 11 is 0. The van der Waals surface area contributed by atoms with E-state index in [0.29, 0.717) is 18.4 Å². The summed E-state index contributed by atoms with van der Waals surface area (Å²) in [6.45, 7) is 2.26. The Morgan fingerprint density at radius 1 is 1.20 bits per heavy atom. The van der Waals surface area contributed by atoms with Gasteiger partial charge in [-0.1, -0.05) is 30.3 Å². The van der Waals surface area contributed by atoms with Crippen molar-refractivity contribution in [2.45, 2.75) is 32.3 Å². The predicted octanol–water partition coefficient (Wildman–Crippen LogP) is 3.14. The van der Waals surface area contributed by atoms with Crippen molar-refractivity contribution in [1.29, 1.82) is 0 Å². The van der Waals surface area contributed by atoms with Crippen LogP contribution in [0.5, 0.6) is 5.88 Å². The molecule has 132 valence electrons. The van der Waals surface area contributed by atoms with E-state index in [-0.39, 0.29) is 6.42 Å². The fourth-order valence-electron chi connectivity index (χ4n) is 3.09. The van der Waals surface area contributed by atoms with E-state index in [1.165, 1.54) is 6.33 Å². The molecule has 6 nitrogen and oxygen atoms in total. The van der Waals surface area contributed by atoms with Gasteiger partial charge in [0.05, 0.1) is 0 Å². The number of piperidine rings is 1. The number of hydrogen-bond donors (Lipinski definition) is 1. The average Bonchev–Trinajstić information content (AvgIpc) is 2.66. The fraction of sp³-hybridized carbons (Fsp3) is 0.421. The number of anilines is 1. The Balaban J connectivity index is 1.52. The molecule has 25 heavy (non-hydrogen) atoms. The van der Waals surface area contributed by atoms with Crippen molar-refractivity contribution in [2.75, 3.05) is 18.0 Å². The lowest BCUT2D eigenvalue weighted by Gasteiger charge is -2.32. The monoisotopic (exact) mass is 341 g/mol. The number of carboxylic acid groups (broad SMARTS) is 1. The normalized spacial score (nSPS) is 15.1. The van der Waals surface area contributed by atoms with Crippen LogP contribution in [0.2, 0.25) is 0 Å². The highest BCUT2D eigenvalue weighted by molar-refractivity contribution is 5.66. The molecule has 0 amide bonds. The van der Waals surface area contributed by atoms with Crippen LogP contribution in [0.15, 0.2) is 42.7 Å². The topological polar surface area (TPSA) is 75.5 Å². The zero-order valence-electron chi connectivity index (χ0n) is 14.2. The van der Waals surface area contributed by atoms with Crippen molar-refractivity contribution in [3.63, 3.8) is 0 Å². The summed E-state index contributed by atoms with van der Waals surface area (Å²) in [5.74, 6) is 1.22. The zero-order valence-corrected chi connectivity index (χ0v) is 14.2. The van der Waals surface area contributed by atoms with E-state index < -0.39 is 5.97 Å². The Kier molecular flexibility index (Phi) is 5.82. The molecule has 0 radical (unpaired) electrons. The molecular weight excluding hydrogens is 318 g/mol. The molecule has 6 heteroatoms. The minimum atomic E-state index is -0.710. The third-order valence-corrected chi connectivity index (χ3v) is 4.56. The van der Waals surface area contributed by atoms with Crippen LogP contribution in [0.1, 0.15) is 31.2 Å². The van der Waals surface area contributed by atoms with Gasteiger partial charge < -0.3 is 14.7 Å². The third kappa shape index (κ3) is 5.17. The molecule has 0 unspecified atom stereocenters. The Hall–Kier alpha value is -2.63. The van der Waals surface area contributed by atoms with E-state index in [0.717, 1.165) is 43.7 Å². The number of carbonyl (C=O) groups is 1. The first kappa shape index (κ1) is 17.2. The van der Waals surface area contributed by atoms with Crippen LogP contribution in [0.3, 0.4) is 0 Å². The second kappa shape index (κ2) is 8.46. The van der Waals surface area contributed by atoms with Crippen molar-refractivity contribution < 1.29 is 14.6 Å². The van der Waals surface area contributed by atoms with Crippen LogP contribution in [-0.2, 0) is 11.4 Å². The average molecular weight is 341 g/mol. The summed E-state index contributed by atoms with van der Waals surface area (Å²) in [5.41, 5.74) is 1.10. The Bertz CT molecular complexity index is 685. The van der Waals surface area contributed by atoms with Gasteiger partial charge in [0.25, 0.3) is 0 Å².